The van der Waals surface area contributed by atoms with E-state index >= 15 is 0 Å². The van der Waals surface area contributed by atoms with Crippen LogP contribution >= 0.6 is 66.7 Å². The molecule has 0 amide bonds. The van der Waals surface area contributed by atoms with Gasteiger partial charge in [0.05, 0.1) is 17.8 Å². The predicted molar refractivity (Wildman–Crippen MR) is 108 cm³/mol. The highest BCUT2D eigenvalue weighted by molar-refractivity contribution is 9.25. The summed E-state index contributed by atoms with van der Waals surface area (Å²) in [4.78, 5) is 0. The number of hydrazine groups is 1. The molecule has 1 aliphatic heterocycles. The third kappa shape index (κ3) is 3.43. The van der Waals surface area contributed by atoms with E-state index in [1.807, 2.05) is 35.3 Å². The molecule has 0 saturated carbocycles. The van der Waals surface area contributed by atoms with Crippen LogP contribution in [0.25, 0.3) is 5.70 Å². The van der Waals surface area contributed by atoms with Crippen LogP contribution in [0.2, 0.25) is 15.1 Å². The maximum absolute atomic E-state index is 6.39. The number of nitrogens with zero attached hydrogens (tertiary/aromatic N) is 1. The zero-order valence-corrected chi connectivity index (χ0v) is 17.7. The fourth-order valence-electron chi connectivity index (χ4n) is 2.43. The Morgan fingerprint density at radius 3 is 2.21 bits per heavy atom. The lowest BCUT2D eigenvalue weighted by atomic mass is 10.1. The maximum Gasteiger partial charge on any atom is 0.206 e. The molecule has 0 fully saturated rings. The number of hydrogen-bond acceptors (Lipinski definition) is 3. The Hall–Kier alpha value is -0.430. The van der Waals surface area contributed by atoms with E-state index in [0.29, 0.717) is 20.8 Å². The minimum Gasteiger partial charge on any atom is -0.495 e. The monoisotopic (exact) mass is 510 g/mol. The van der Waals surface area contributed by atoms with E-state index < -0.39 is 3.36 Å². The number of nitrogens with one attached hydrogen (secondary N) is 1. The number of rotatable bonds is 3. The van der Waals surface area contributed by atoms with Crippen molar-refractivity contribution in [1.29, 1.82) is 0 Å². The third-order valence-electron chi connectivity index (χ3n) is 3.45. The zero-order chi connectivity index (χ0) is 17.5. The third-order valence-corrected chi connectivity index (χ3v) is 5.31. The van der Waals surface area contributed by atoms with Crippen molar-refractivity contribution in [2.45, 2.75) is 3.36 Å². The number of methoxy groups -OCH3 is 1. The number of alkyl halides is 2. The average molecular weight is 513 g/mol. The summed E-state index contributed by atoms with van der Waals surface area (Å²) in [6.07, 6.45) is 0. The van der Waals surface area contributed by atoms with Gasteiger partial charge in [-0.2, -0.15) is 5.43 Å². The van der Waals surface area contributed by atoms with Crippen molar-refractivity contribution in [3.63, 3.8) is 0 Å². The molecule has 8 heteroatoms. The second-order valence-electron chi connectivity index (χ2n) is 5.01. The quantitative estimate of drug-likeness (QED) is 0.378. The van der Waals surface area contributed by atoms with Crippen LogP contribution in [-0.4, -0.2) is 10.5 Å². The molecule has 0 saturated heterocycles. The highest BCUT2D eigenvalue weighted by atomic mass is 79.9. The van der Waals surface area contributed by atoms with Crippen molar-refractivity contribution < 1.29 is 4.74 Å². The SMILES string of the molecule is COC1=C(c2ccc(Cl)cc2)N(c2ccc(Cl)cc2Cl)NC1(Br)Br. The van der Waals surface area contributed by atoms with Gasteiger partial charge in [0.15, 0.2) is 5.76 Å². The lowest BCUT2D eigenvalue weighted by Crippen LogP contribution is -2.40. The topological polar surface area (TPSA) is 24.5 Å². The van der Waals surface area contributed by atoms with Crippen LogP contribution in [0.1, 0.15) is 5.56 Å². The standard InChI is InChI=1S/C16H11Br2Cl3N2O/c1-24-15-14(9-2-4-10(19)5-3-9)23(22-16(15,17)18)13-7-6-11(20)8-12(13)21/h2-8,22H,1H3. The molecule has 1 aliphatic rings. The highest BCUT2D eigenvalue weighted by Gasteiger charge is 2.44. The number of hydrogen-bond donors (Lipinski definition) is 1. The molecule has 0 aliphatic carbocycles. The summed E-state index contributed by atoms with van der Waals surface area (Å²) in [6.45, 7) is 0. The summed E-state index contributed by atoms with van der Waals surface area (Å²) in [5, 5.41) is 3.57. The van der Waals surface area contributed by atoms with Crippen LogP contribution in [-0.2, 0) is 4.74 Å². The molecule has 0 unspecified atom stereocenters. The summed E-state index contributed by atoms with van der Waals surface area (Å²) < 4.78 is 4.85. The van der Waals surface area contributed by atoms with E-state index in [4.69, 9.17) is 39.5 Å². The minimum atomic E-state index is -0.771. The zero-order valence-electron chi connectivity index (χ0n) is 12.3. The Bertz CT molecular complexity index is 809. The van der Waals surface area contributed by atoms with E-state index in [1.54, 1.807) is 19.2 Å². The molecular weight excluding hydrogens is 502 g/mol. The van der Waals surface area contributed by atoms with E-state index in [2.05, 4.69) is 37.3 Å². The Morgan fingerprint density at radius 2 is 1.62 bits per heavy atom. The minimum absolute atomic E-state index is 0.509. The molecule has 2 aromatic rings. The van der Waals surface area contributed by atoms with Gasteiger partial charge in [-0.05, 0) is 62.2 Å². The molecular formula is C16H11Br2Cl3N2O. The second kappa shape index (κ2) is 7.06. The molecule has 126 valence electrons. The second-order valence-corrected chi connectivity index (χ2v) is 9.73. The number of halogens is 5. The molecule has 0 bridgehead atoms. The summed E-state index contributed by atoms with van der Waals surface area (Å²) in [7, 11) is 1.61. The van der Waals surface area contributed by atoms with Crippen LogP contribution in [0.5, 0.6) is 0 Å². The number of anilines is 1. The Morgan fingerprint density at radius 1 is 1.00 bits per heavy atom. The number of ether oxygens (including phenoxy) is 1. The van der Waals surface area contributed by atoms with E-state index in [-0.39, 0.29) is 0 Å². The van der Waals surface area contributed by atoms with E-state index in [0.717, 1.165) is 16.9 Å². The molecule has 0 spiro atoms. The fourth-order valence-corrected chi connectivity index (χ4v) is 4.11. The average Bonchev–Trinajstić information content (AvgIpc) is 2.78. The molecule has 1 heterocycles. The van der Waals surface area contributed by atoms with Crippen molar-refractivity contribution in [3.8, 4) is 0 Å². The van der Waals surface area contributed by atoms with Crippen molar-refractivity contribution >= 4 is 78.0 Å². The van der Waals surface area contributed by atoms with Crippen LogP contribution in [0.3, 0.4) is 0 Å². The van der Waals surface area contributed by atoms with Crippen molar-refractivity contribution in [3.05, 3.63) is 68.9 Å². The van der Waals surface area contributed by atoms with Crippen LogP contribution in [0.4, 0.5) is 5.69 Å². The summed E-state index contributed by atoms with van der Waals surface area (Å²) in [5.41, 5.74) is 5.73. The van der Waals surface area contributed by atoms with E-state index in [9.17, 15) is 0 Å². The van der Waals surface area contributed by atoms with E-state index in [1.165, 1.54) is 0 Å². The lowest BCUT2D eigenvalue weighted by Gasteiger charge is -2.25. The van der Waals surface area contributed by atoms with Gasteiger partial charge < -0.3 is 4.74 Å². The lowest BCUT2D eigenvalue weighted by molar-refractivity contribution is 0.280. The molecule has 0 aromatic heterocycles. The van der Waals surface area contributed by atoms with Gasteiger partial charge in [-0.1, -0.05) is 46.9 Å². The largest absolute Gasteiger partial charge is 0.495 e. The Balaban J connectivity index is 2.18. The van der Waals surface area contributed by atoms with Crippen LogP contribution in [0.15, 0.2) is 48.2 Å². The Kier molecular flexibility index (Phi) is 5.40. The van der Waals surface area contributed by atoms with Crippen molar-refractivity contribution in [2.75, 3.05) is 12.1 Å². The van der Waals surface area contributed by atoms with Crippen molar-refractivity contribution in [1.82, 2.24) is 5.43 Å². The van der Waals surface area contributed by atoms with Gasteiger partial charge in [-0.3, -0.25) is 5.01 Å². The van der Waals surface area contributed by atoms with Crippen LogP contribution in [0, 0.1) is 0 Å². The van der Waals surface area contributed by atoms with Crippen molar-refractivity contribution in [2.24, 2.45) is 0 Å². The molecule has 0 radical (unpaired) electrons. The number of benzene rings is 2. The Labute approximate surface area is 171 Å². The molecule has 1 N–H and O–H groups in total. The van der Waals surface area contributed by atoms with Gasteiger partial charge >= 0.3 is 0 Å². The first-order valence-electron chi connectivity index (χ1n) is 6.79. The van der Waals surface area contributed by atoms with Gasteiger partial charge in [-0.15, -0.1) is 0 Å². The van der Waals surface area contributed by atoms with Gasteiger partial charge in [0.1, 0.15) is 5.70 Å². The van der Waals surface area contributed by atoms with Gasteiger partial charge in [0, 0.05) is 15.6 Å². The summed E-state index contributed by atoms with van der Waals surface area (Å²) >= 11 is 25.6. The van der Waals surface area contributed by atoms with Gasteiger partial charge in [-0.25, -0.2) is 0 Å². The van der Waals surface area contributed by atoms with Gasteiger partial charge in [0.25, 0.3) is 0 Å². The van der Waals surface area contributed by atoms with Gasteiger partial charge in [0.2, 0.25) is 3.36 Å². The molecule has 24 heavy (non-hydrogen) atoms. The highest BCUT2D eigenvalue weighted by Crippen LogP contribution is 2.47. The van der Waals surface area contributed by atoms with Crippen LogP contribution < -0.4 is 10.4 Å². The fraction of sp³-hybridized carbons (Fsp3) is 0.125. The predicted octanol–water partition coefficient (Wildman–Crippen LogP) is 6.43. The summed E-state index contributed by atoms with van der Waals surface area (Å²) in [6, 6.07) is 12.8. The molecule has 0 atom stereocenters. The first kappa shape index (κ1) is 18.4. The maximum atomic E-state index is 6.39. The molecule has 2 aromatic carbocycles. The first-order valence-corrected chi connectivity index (χ1v) is 9.51. The summed E-state index contributed by atoms with van der Waals surface area (Å²) in [5.74, 6) is 0.649. The molecule has 3 nitrogen and oxygen atoms in total. The first-order chi connectivity index (χ1) is 11.3. The normalized spacial score (nSPS) is 16.7. The smallest absolute Gasteiger partial charge is 0.206 e. The molecule has 3 rings (SSSR count).